The van der Waals surface area contributed by atoms with E-state index in [2.05, 4.69) is 30.9 Å². The number of nitrogens with zero attached hydrogens (tertiary/aromatic N) is 2. The van der Waals surface area contributed by atoms with Gasteiger partial charge in [0, 0.05) is 29.9 Å². The number of para-hydroxylation sites is 1. The number of nitrogens with two attached hydrogens (primary N) is 1. The first-order chi connectivity index (χ1) is 9.44. The highest BCUT2D eigenvalue weighted by molar-refractivity contribution is 5.47. The second kappa shape index (κ2) is 6.12. The summed E-state index contributed by atoms with van der Waals surface area (Å²) in [5.41, 5.74) is 7.70. The zero-order valence-corrected chi connectivity index (χ0v) is 12.8. The molecule has 3 N–H and O–H groups in total. The van der Waals surface area contributed by atoms with E-state index in [1.165, 1.54) is 19.3 Å². The smallest absolute Gasteiger partial charge is 0.0936 e. The van der Waals surface area contributed by atoms with Crippen LogP contribution in [0.3, 0.4) is 0 Å². The molecular formula is C16H27N3O. The molecule has 0 amide bonds. The van der Waals surface area contributed by atoms with E-state index in [1.807, 2.05) is 24.3 Å². The number of hydrogen-bond donors (Lipinski definition) is 2. The van der Waals surface area contributed by atoms with Gasteiger partial charge in [-0.3, -0.25) is 0 Å². The van der Waals surface area contributed by atoms with Gasteiger partial charge in [0.2, 0.25) is 0 Å². The molecule has 0 spiro atoms. The molecule has 1 aliphatic carbocycles. The molecule has 112 valence electrons. The maximum Gasteiger partial charge on any atom is 0.0936 e. The topological polar surface area (TPSA) is 52.7 Å². The minimum atomic E-state index is -0.527. The first-order valence-corrected chi connectivity index (χ1v) is 7.33. The molecule has 20 heavy (non-hydrogen) atoms. The average Bonchev–Trinajstić information content (AvgIpc) is 2.33. The predicted octanol–water partition coefficient (Wildman–Crippen LogP) is 1.72. The predicted molar refractivity (Wildman–Crippen MR) is 83.6 cm³/mol. The van der Waals surface area contributed by atoms with Crippen molar-refractivity contribution < 1.29 is 5.11 Å². The van der Waals surface area contributed by atoms with Crippen LogP contribution in [0.5, 0.6) is 0 Å². The largest absolute Gasteiger partial charge is 0.398 e. The second-order valence-electron chi connectivity index (χ2n) is 6.31. The molecule has 0 aromatic heterocycles. The second-order valence-corrected chi connectivity index (χ2v) is 6.31. The molecule has 1 aromatic rings. The third-order valence-electron chi connectivity index (χ3n) is 4.64. The first kappa shape index (κ1) is 15.3. The maximum absolute atomic E-state index is 10.4. The Bertz CT molecular complexity index is 443. The lowest BCUT2D eigenvalue weighted by Crippen LogP contribution is -2.57. The van der Waals surface area contributed by atoms with Crippen molar-refractivity contribution in [2.45, 2.75) is 30.9 Å². The molecule has 1 fully saturated rings. The fourth-order valence-corrected chi connectivity index (χ4v) is 3.11. The molecule has 0 bridgehead atoms. The van der Waals surface area contributed by atoms with E-state index in [4.69, 9.17) is 5.73 Å². The van der Waals surface area contributed by atoms with Crippen molar-refractivity contribution >= 4 is 5.69 Å². The third-order valence-corrected chi connectivity index (χ3v) is 4.64. The molecule has 0 radical (unpaired) electrons. The summed E-state index contributed by atoms with van der Waals surface area (Å²) in [6.45, 7) is 1.60. The summed E-state index contributed by atoms with van der Waals surface area (Å²) in [6.07, 6.45) is 3.27. The van der Waals surface area contributed by atoms with Crippen LogP contribution in [0.1, 0.15) is 30.9 Å². The molecule has 1 unspecified atom stereocenters. The molecule has 0 saturated heterocycles. The molecule has 4 nitrogen and oxygen atoms in total. The van der Waals surface area contributed by atoms with E-state index in [-0.39, 0.29) is 5.54 Å². The normalized spacial score (nSPS) is 19.1. The SMILES string of the molecule is CN(CC(O)c1ccccc1N)CC1(N(C)C)CCC1. The van der Waals surface area contributed by atoms with Gasteiger partial charge in [-0.25, -0.2) is 0 Å². The van der Waals surface area contributed by atoms with Gasteiger partial charge in [0.25, 0.3) is 0 Å². The summed E-state index contributed by atoms with van der Waals surface area (Å²) in [5.74, 6) is 0. The molecular weight excluding hydrogens is 250 g/mol. The number of anilines is 1. The fraction of sp³-hybridized carbons (Fsp3) is 0.625. The van der Waals surface area contributed by atoms with Gasteiger partial charge in [-0.05, 0) is 46.5 Å². The summed E-state index contributed by atoms with van der Waals surface area (Å²) >= 11 is 0. The standard InChI is InChI=1S/C16H27N3O/c1-18(2)16(9-6-10-16)12-19(3)11-15(20)13-7-4-5-8-14(13)17/h4-5,7-8,15,20H,6,9-12,17H2,1-3H3. The summed E-state index contributed by atoms with van der Waals surface area (Å²) in [7, 11) is 6.38. The van der Waals surface area contributed by atoms with Crippen LogP contribution in [-0.4, -0.2) is 54.7 Å². The Hall–Kier alpha value is -1.10. The summed E-state index contributed by atoms with van der Waals surface area (Å²) in [4.78, 5) is 4.55. The number of likely N-dealkylation sites (N-methyl/N-ethyl adjacent to an activating group) is 2. The van der Waals surface area contributed by atoms with Crippen molar-refractivity contribution in [1.82, 2.24) is 9.80 Å². The van der Waals surface area contributed by atoms with E-state index in [1.54, 1.807) is 0 Å². The molecule has 1 atom stereocenters. The Balaban J connectivity index is 1.94. The zero-order valence-electron chi connectivity index (χ0n) is 12.8. The van der Waals surface area contributed by atoms with E-state index in [9.17, 15) is 5.11 Å². The minimum absolute atomic E-state index is 0.288. The number of hydrogen-bond acceptors (Lipinski definition) is 4. The molecule has 1 aromatic carbocycles. The van der Waals surface area contributed by atoms with E-state index in [0.29, 0.717) is 12.2 Å². The van der Waals surface area contributed by atoms with Crippen molar-refractivity contribution in [2.24, 2.45) is 0 Å². The first-order valence-electron chi connectivity index (χ1n) is 7.33. The van der Waals surface area contributed by atoms with Crippen LogP contribution in [0.2, 0.25) is 0 Å². The summed E-state index contributed by atoms with van der Waals surface area (Å²) in [5, 5.41) is 10.4. The van der Waals surface area contributed by atoms with Crippen LogP contribution in [0.25, 0.3) is 0 Å². The van der Waals surface area contributed by atoms with Crippen molar-refractivity contribution in [3.8, 4) is 0 Å². The molecule has 0 aliphatic heterocycles. The Kier molecular flexibility index (Phi) is 4.68. The third kappa shape index (κ3) is 3.14. The minimum Gasteiger partial charge on any atom is -0.398 e. The number of aliphatic hydroxyl groups excluding tert-OH is 1. The van der Waals surface area contributed by atoms with Crippen LogP contribution in [-0.2, 0) is 0 Å². The number of aliphatic hydroxyl groups is 1. The average molecular weight is 277 g/mol. The van der Waals surface area contributed by atoms with Crippen molar-refractivity contribution in [2.75, 3.05) is 40.0 Å². The van der Waals surface area contributed by atoms with Gasteiger partial charge in [-0.1, -0.05) is 18.2 Å². The van der Waals surface area contributed by atoms with Gasteiger partial charge in [-0.2, -0.15) is 0 Å². The van der Waals surface area contributed by atoms with Gasteiger partial charge in [-0.15, -0.1) is 0 Å². The lowest BCUT2D eigenvalue weighted by molar-refractivity contribution is 0.0147. The van der Waals surface area contributed by atoms with Crippen LogP contribution in [0.4, 0.5) is 5.69 Å². The Morgan fingerprint density at radius 2 is 1.90 bits per heavy atom. The van der Waals surface area contributed by atoms with E-state index in [0.717, 1.165) is 12.1 Å². The van der Waals surface area contributed by atoms with E-state index < -0.39 is 6.10 Å². The summed E-state index contributed by atoms with van der Waals surface area (Å²) < 4.78 is 0. The molecule has 0 heterocycles. The summed E-state index contributed by atoms with van der Waals surface area (Å²) in [6, 6.07) is 7.55. The van der Waals surface area contributed by atoms with E-state index >= 15 is 0 Å². The highest BCUT2D eigenvalue weighted by atomic mass is 16.3. The molecule has 2 rings (SSSR count). The Labute approximate surface area is 122 Å². The lowest BCUT2D eigenvalue weighted by atomic mass is 9.75. The van der Waals surface area contributed by atoms with Crippen LogP contribution in [0, 0.1) is 0 Å². The van der Waals surface area contributed by atoms with Crippen LogP contribution in [0.15, 0.2) is 24.3 Å². The van der Waals surface area contributed by atoms with Crippen LogP contribution < -0.4 is 5.73 Å². The van der Waals surface area contributed by atoms with Crippen molar-refractivity contribution in [3.63, 3.8) is 0 Å². The van der Waals surface area contributed by atoms with Gasteiger partial charge >= 0.3 is 0 Å². The lowest BCUT2D eigenvalue weighted by Gasteiger charge is -2.49. The maximum atomic E-state index is 10.4. The Morgan fingerprint density at radius 3 is 2.40 bits per heavy atom. The quantitative estimate of drug-likeness (QED) is 0.777. The van der Waals surface area contributed by atoms with Gasteiger partial charge in [0.05, 0.1) is 6.10 Å². The number of nitrogen functional groups attached to an aromatic ring is 1. The van der Waals surface area contributed by atoms with Crippen LogP contribution >= 0.6 is 0 Å². The number of benzene rings is 1. The van der Waals surface area contributed by atoms with Crippen molar-refractivity contribution in [3.05, 3.63) is 29.8 Å². The molecule has 4 heteroatoms. The van der Waals surface area contributed by atoms with Gasteiger partial charge in [0.1, 0.15) is 0 Å². The highest BCUT2D eigenvalue weighted by Crippen LogP contribution is 2.36. The Morgan fingerprint density at radius 1 is 1.25 bits per heavy atom. The molecule has 1 saturated carbocycles. The van der Waals surface area contributed by atoms with Gasteiger partial charge in [0.15, 0.2) is 0 Å². The highest BCUT2D eigenvalue weighted by Gasteiger charge is 2.39. The zero-order chi connectivity index (χ0) is 14.8. The van der Waals surface area contributed by atoms with Crippen molar-refractivity contribution in [1.29, 1.82) is 0 Å². The monoisotopic (exact) mass is 277 g/mol. The fourth-order valence-electron chi connectivity index (χ4n) is 3.11. The molecule has 1 aliphatic rings. The van der Waals surface area contributed by atoms with Gasteiger partial charge < -0.3 is 20.6 Å². The number of rotatable bonds is 6.